The number of benzene rings is 2. The lowest BCUT2D eigenvalue weighted by Crippen LogP contribution is -2.56. The summed E-state index contributed by atoms with van der Waals surface area (Å²) >= 11 is 0. The number of nitrogens with zero attached hydrogens (tertiary/aromatic N) is 1. The molecule has 2 aliphatic carbocycles. The van der Waals surface area contributed by atoms with E-state index < -0.39 is 0 Å². The third-order valence-electron chi connectivity index (χ3n) is 9.12. The Hall–Kier alpha value is -2.29. The van der Waals surface area contributed by atoms with E-state index in [1.165, 1.54) is 16.7 Å². The van der Waals surface area contributed by atoms with E-state index in [1.54, 1.807) is 0 Å². The van der Waals surface area contributed by atoms with Crippen LogP contribution in [0.5, 0.6) is 5.75 Å². The molecule has 0 bridgehead atoms. The molecule has 2 aromatic rings. The summed E-state index contributed by atoms with van der Waals surface area (Å²) in [5.41, 5.74) is 3.71. The van der Waals surface area contributed by atoms with Crippen LogP contribution in [-0.2, 0) is 16.6 Å². The van der Waals surface area contributed by atoms with Crippen LogP contribution in [-0.4, -0.2) is 29.0 Å². The quantitative estimate of drug-likeness (QED) is 0.615. The maximum Gasteiger partial charge on any atom is 0.228 e. The molecule has 3 nitrogen and oxygen atoms in total. The Bertz CT molecular complexity index is 986. The zero-order chi connectivity index (χ0) is 22.3. The number of likely N-dealkylation sites (tertiary alicyclic amines) is 1. The Morgan fingerprint density at radius 2 is 1.78 bits per heavy atom. The minimum Gasteiger partial charge on any atom is -0.508 e. The average molecular weight is 432 g/mol. The fourth-order valence-corrected chi connectivity index (χ4v) is 7.42. The maximum atomic E-state index is 14.1. The van der Waals surface area contributed by atoms with Crippen LogP contribution in [0.2, 0.25) is 0 Å². The van der Waals surface area contributed by atoms with Gasteiger partial charge in [-0.25, -0.2) is 0 Å². The van der Waals surface area contributed by atoms with Gasteiger partial charge in [-0.2, -0.15) is 0 Å². The molecule has 1 N–H and O–H groups in total. The number of aryl methyl sites for hydroxylation is 1. The fraction of sp³-hybridized carbons (Fsp3) is 0.552. The number of carbonyl (C=O) groups is 1. The first-order valence-corrected chi connectivity index (χ1v) is 12.6. The Morgan fingerprint density at radius 1 is 0.969 bits per heavy atom. The van der Waals surface area contributed by atoms with Crippen LogP contribution in [0.3, 0.4) is 0 Å². The third kappa shape index (κ3) is 3.54. The molecule has 1 unspecified atom stereocenters. The van der Waals surface area contributed by atoms with Crippen molar-refractivity contribution < 1.29 is 9.90 Å². The van der Waals surface area contributed by atoms with E-state index in [9.17, 15) is 9.90 Å². The molecule has 4 atom stereocenters. The highest BCUT2D eigenvalue weighted by molar-refractivity contribution is 5.83. The SMILES string of the molecule is C[C@]1(C(=O)N2CCCC(c3ccccc3)CC2)CCC[C@]2(C)c3cc(O)ccc3CC[C@@H]12. The summed E-state index contributed by atoms with van der Waals surface area (Å²) in [6.07, 6.45) is 8.55. The highest BCUT2D eigenvalue weighted by Crippen LogP contribution is 2.58. The largest absolute Gasteiger partial charge is 0.508 e. The predicted octanol–water partition coefficient (Wildman–Crippen LogP) is 6.20. The molecule has 5 rings (SSSR count). The second-order valence-corrected chi connectivity index (χ2v) is 11.0. The van der Waals surface area contributed by atoms with Crippen LogP contribution in [0.15, 0.2) is 48.5 Å². The van der Waals surface area contributed by atoms with Crippen molar-refractivity contribution in [3.63, 3.8) is 0 Å². The average Bonchev–Trinajstić information content (AvgIpc) is 3.06. The number of hydrogen-bond donors (Lipinski definition) is 1. The van der Waals surface area contributed by atoms with Gasteiger partial charge in [0.2, 0.25) is 5.91 Å². The summed E-state index contributed by atoms with van der Waals surface area (Å²) in [4.78, 5) is 16.3. The zero-order valence-corrected chi connectivity index (χ0v) is 19.6. The molecule has 3 heteroatoms. The van der Waals surface area contributed by atoms with Crippen LogP contribution in [0.25, 0.3) is 0 Å². The maximum absolute atomic E-state index is 14.1. The molecular weight excluding hydrogens is 394 g/mol. The van der Waals surface area contributed by atoms with Gasteiger partial charge in [-0.3, -0.25) is 4.79 Å². The summed E-state index contributed by atoms with van der Waals surface area (Å²) in [5.74, 6) is 1.62. The van der Waals surface area contributed by atoms with Crippen LogP contribution in [0, 0.1) is 11.3 Å². The summed E-state index contributed by atoms with van der Waals surface area (Å²) in [6, 6.07) is 16.7. The lowest BCUT2D eigenvalue weighted by molar-refractivity contribution is -0.150. The molecular formula is C29H37NO2. The molecule has 1 saturated carbocycles. The van der Waals surface area contributed by atoms with E-state index in [0.717, 1.165) is 64.5 Å². The van der Waals surface area contributed by atoms with Gasteiger partial charge >= 0.3 is 0 Å². The van der Waals surface area contributed by atoms with E-state index in [1.807, 2.05) is 12.1 Å². The highest BCUT2D eigenvalue weighted by atomic mass is 16.3. The standard InChI is InChI=1S/C29H37NO2/c1-28-16-7-17-29(2,26(28)14-12-23-11-13-24(31)20-25(23)28)27(32)30-18-6-10-22(15-19-30)21-8-4-3-5-9-21/h3-5,8-9,11,13,20,22,26,31H,6-7,10,12,14-19H2,1-2H3/t22?,26-,28-,29+/m1/s1. The monoisotopic (exact) mass is 431 g/mol. The first kappa shape index (κ1) is 21.6. The molecule has 32 heavy (non-hydrogen) atoms. The van der Waals surface area contributed by atoms with Crippen LogP contribution >= 0.6 is 0 Å². The molecule has 2 aromatic carbocycles. The Labute approximate surface area is 192 Å². The van der Waals surface area contributed by atoms with Gasteiger partial charge < -0.3 is 10.0 Å². The van der Waals surface area contributed by atoms with E-state index in [4.69, 9.17) is 0 Å². The third-order valence-corrected chi connectivity index (χ3v) is 9.12. The van der Waals surface area contributed by atoms with Crippen molar-refractivity contribution >= 4 is 5.91 Å². The first-order chi connectivity index (χ1) is 15.4. The number of carbonyl (C=O) groups excluding carboxylic acids is 1. The molecule has 1 aliphatic heterocycles. The Morgan fingerprint density at radius 3 is 2.59 bits per heavy atom. The van der Waals surface area contributed by atoms with E-state index in [-0.39, 0.29) is 10.8 Å². The number of aromatic hydroxyl groups is 1. The van der Waals surface area contributed by atoms with Crippen molar-refractivity contribution in [2.45, 2.75) is 76.5 Å². The van der Waals surface area contributed by atoms with Crippen molar-refractivity contribution in [1.82, 2.24) is 4.90 Å². The normalized spacial score (nSPS) is 32.5. The van der Waals surface area contributed by atoms with Crippen LogP contribution < -0.4 is 0 Å². The Balaban J connectivity index is 1.39. The van der Waals surface area contributed by atoms with E-state index in [2.05, 4.69) is 55.1 Å². The lowest BCUT2D eigenvalue weighted by Gasteiger charge is -2.55. The number of phenolic OH excluding ortho intramolecular Hbond substituents is 1. The molecule has 1 heterocycles. The molecule has 0 radical (unpaired) electrons. The molecule has 170 valence electrons. The summed E-state index contributed by atoms with van der Waals surface area (Å²) < 4.78 is 0. The lowest BCUT2D eigenvalue weighted by atomic mass is 9.49. The van der Waals surface area contributed by atoms with Gasteiger partial charge in [0, 0.05) is 13.1 Å². The summed E-state index contributed by atoms with van der Waals surface area (Å²) in [5, 5.41) is 10.2. The summed E-state index contributed by atoms with van der Waals surface area (Å²) in [7, 11) is 0. The number of rotatable bonds is 2. The van der Waals surface area contributed by atoms with Gasteiger partial charge in [-0.05, 0) is 91.0 Å². The zero-order valence-electron chi connectivity index (χ0n) is 19.6. The highest BCUT2D eigenvalue weighted by Gasteiger charge is 2.55. The predicted molar refractivity (Wildman–Crippen MR) is 129 cm³/mol. The van der Waals surface area contributed by atoms with Crippen molar-refractivity contribution in [3.05, 3.63) is 65.2 Å². The molecule has 2 fully saturated rings. The summed E-state index contributed by atoms with van der Waals surface area (Å²) in [6.45, 7) is 6.37. The van der Waals surface area contributed by atoms with Gasteiger partial charge in [-0.15, -0.1) is 0 Å². The minimum absolute atomic E-state index is 0.0343. The van der Waals surface area contributed by atoms with Crippen LogP contribution in [0.1, 0.15) is 81.4 Å². The van der Waals surface area contributed by atoms with Gasteiger partial charge in [0.25, 0.3) is 0 Å². The van der Waals surface area contributed by atoms with Crippen molar-refractivity contribution in [3.8, 4) is 5.75 Å². The van der Waals surface area contributed by atoms with Gasteiger partial charge in [0.1, 0.15) is 5.75 Å². The Kier molecular flexibility index (Phi) is 5.55. The smallest absolute Gasteiger partial charge is 0.228 e. The first-order valence-electron chi connectivity index (χ1n) is 12.6. The second-order valence-electron chi connectivity index (χ2n) is 11.0. The van der Waals surface area contributed by atoms with Crippen molar-refractivity contribution in [1.29, 1.82) is 0 Å². The van der Waals surface area contributed by atoms with Gasteiger partial charge in [0.05, 0.1) is 5.41 Å². The number of hydrogen-bond acceptors (Lipinski definition) is 2. The molecule has 0 spiro atoms. The number of fused-ring (bicyclic) bond motifs is 3. The number of phenols is 1. The molecule has 1 saturated heterocycles. The van der Waals surface area contributed by atoms with Gasteiger partial charge in [-0.1, -0.05) is 56.7 Å². The van der Waals surface area contributed by atoms with E-state index in [0.29, 0.717) is 23.5 Å². The van der Waals surface area contributed by atoms with Crippen molar-refractivity contribution in [2.75, 3.05) is 13.1 Å². The van der Waals surface area contributed by atoms with Crippen LogP contribution in [0.4, 0.5) is 0 Å². The fourth-order valence-electron chi connectivity index (χ4n) is 7.42. The topological polar surface area (TPSA) is 40.5 Å². The van der Waals surface area contributed by atoms with E-state index >= 15 is 0 Å². The minimum atomic E-state index is -0.317. The second kappa shape index (κ2) is 8.24. The van der Waals surface area contributed by atoms with Crippen molar-refractivity contribution in [2.24, 2.45) is 11.3 Å². The van der Waals surface area contributed by atoms with Gasteiger partial charge in [0.15, 0.2) is 0 Å². The number of amides is 1. The molecule has 0 aromatic heterocycles. The molecule has 3 aliphatic rings. The molecule has 1 amide bonds.